The van der Waals surface area contributed by atoms with Crippen molar-refractivity contribution in [1.82, 2.24) is 9.97 Å². The van der Waals surface area contributed by atoms with E-state index in [9.17, 15) is 0 Å². The number of nitrogens with one attached hydrogen (secondary N) is 1. The molecule has 0 aromatic carbocycles. The number of nitrogens with two attached hydrogens (primary N) is 1. The van der Waals surface area contributed by atoms with E-state index in [-0.39, 0.29) is 5.54 Å². The van der Waals surface area contributed by atoms with Crippen molar-refractivity contribution < 1.29 is 0 Å². The predicted octanol–water partition coefficient (Wildman–Crippen LogP) is 1.77. The first-order valence-electron chi connectivity index (χ1n) is 4.81. The first-order chi connectivity index (χ1) is 6.02. The zero-order valence-corrected chi connectivity index (χ0v) is 8.30. The van der Waals surface area contributed by atoms with E-state index < -0.39 is 0 Å². The molecule has 0 bridgehead atoms. The summed E-state index contributed by atoms with van der Waals surface area (Å²) < 4.78 is 0. The molecular weight excluding hydrogens is 162 g/mol. The SMILES string of the molecule is CC1(C)CCC(N)(c2ncc[nH]2)C1. The van der Waals surface area contributed by atoms with Gasteiger partial charge in [-0.25, -0.2) is 4.98 Å². The number of H-pyrrole nitrogens is 1. The second-order valence-corrected chi connectivity index (χ2v) is 4.93. The lowest BCUT2D eigenvalue weighted by Gasteiger charge is -2.24. The highest BCUT2D eigenvalue weighted by atomic mass is 15.0. The van der Waals surface area contributed by atoms with Gasteiger partial charge in [-0.3, -0.25) is 0 Å². The van der Waals surface area contributed by atoms with E-state index in [2.05, 4.69) is 23.8 Å². The van der Waals surface area contributed by atoms with Crippen LogP contribution < -0.4 is 5.73 Å². The molecule has 3 nitrogen and oxygen atoms in total. The van der Waals surface area contributed by atoms with Gasteiger partial charge in [0, 0.05) is 12.4 Å². The van der Waals surface area contributed by atoms with Crippen LogP contribution in [0.4, 0.5) is 0 Å². The molecule has 1 aliphatic carbocycles. The summed E-state index contributed by atoms with van der Waals surface area (Å²) >= 11 is 0. The van der Waals surface area contributed by atoms with Gasteiger partial charge in [0.2, 0.25) is 0 Å². The molecule has 1 saturated carbocycles. The molecule has 1 aromatic heterocycles. The summed E-state index contributed by atoms with van der Waals surface area (Å²) in [5.74, 6) is 0.943. The Morgan fingerprint density at radius 2 is 2.23 bits per heavy atom. The third kappa shape index (κ3) is 1.48. The fraction of sp³-hybridized carbons (Fsp3) is 0.700. The zero-order chi connectivity index (χ0) is 9.53. The van der Waals surface area contributed by atoms with Crippen molar-refractivity contribution in [2.75, 3.05) is 0 Å². The second-order valence-electron chi connectivity index (χ2n) is 4.93. The fourth-order valence-corrected chi connectivity index (χ4v) is 2.33. The zero-order valence-electron chi connectivity index (χ0n) is 8.30. The summed E-state index contributed by atoms with van der Waals surface area (Å²) in [5.41, 5.74) is 6.45. The molecule has 13 heavy (non-hydrogen) atoms. The highest BCUT2D eigenvalue weighted by Gasteiger charge is 2.43. The minimum absolute atomic E-state index is 0.215. The summed E-state index contributed by atoms with van der Waals surface area (Å²) in [6.07, 6.45) is 6.86. The summed E-state index contributed by atoms with van der Waals surface area (Å²) in [6.45, 7) is 4.54. The molecule has 72 valence electrons. The first kappa shape index (κ1) is 8.75. The Balaban J connectivity index is 2.25. The Morgan fingerprint density at radius 1 is 1.46 bits per heavy atom. The topological polar surface area (TPSA) is 54.7 Å². The lowest BCUT2D eigenvalue weighted by molar-refractivity contribution is 0.332. The smallest absolute Gasteiger partial charge is 0.126 e. The van der Waals surface area contributed by atoms with Crippen LogP contribution in [0.2, 0.25) is 0 Å². The van der Waals surface area contributed by atoms with Gasteiger partial charge in [0.05, 0.1) is 5.54 Å². The average molecular weight is 179 g/mol. The summed E-state index contributed by atoms with van der Waals surface area (Å²) in [5, 5.41) is 0. The van der Waals surface area contributed by atoms with Crippen LogP contribution in [0.3, 0.4) is 0 Å². The standard InChI is InChI=1S/C10H17N3/c1-9(2)3-4-10(11,7-9)8-12-5-6-13-8/h5-6H,3-4,7,11H2,1-2H3,(H,12,13). The number of rotatable bonds is 1. The van der Waals surface area contributed by atoms with Gasteiger partial charge in [-0.05, 0) is 24.7 Å². The summed E-state index contributed by atoms with van der Waals surface area (Å²) in [6, 6.07) is 0. The van der Waals surface area contributed by atoms with E-state index >= 15 is 0 Å². The summed E-state index contributed by atoms with van der Waals surface area (Å²) in [7, 11) is 0. The lowest BCUT2D eigenvalue weighted by atomic mass is 9.88. The van der Waals surface area contributed by atoms with Crippen LogP contribution in [0.5, 0.6) is 0 Å². The molecule has 0 radical (unpaired) electrons. The minimum Gasteiger partial charge on any atom is -0.347 e. The molecule has 1 aliphatic rings. The Kier molecular flexibility index (Phi) is 1.74. The van der Waals surface area contributed by atoms with E-state index in [4.69, 9.17) is 5.73 Å². The van der Waals surface area contributed by atoms with Gasteiger partial charge in [-0.1, -0.05) is 13.8 Å². The van der Waals surface area contributed by atoms with Gasteiger partial charge in [-0.15, -0.1) is 0 Å². The maximum atomic E-state index is 6.31. The van der Waals surface area contributed by atoms with E-state index in [0.29, 0.717) is 5.41 Å². The van der Waals surface area contributed by atoms with E-state index in [0.717, 1.165) is 18.7 Å². The molecule has 2 rings (SSSR count). The Morgan fingerprint density at radius 3 is 2.69 bits per heavy atom. The van der Waals surface area contributed by atoms with Crippen LogP contribution in [-0.2, 0) is 5.54 Å². The number of aromatic amines is 1. The van der Waals surface area contributed by atoms with Gasteiger partial charge >= 0.3 is 0 Å². The van der Waals surface area contributed by atoms with Crippen LogP contribution >= 0.6 is 0 Å². The van der Waals surface area contributed by atoms with Crippen molar-refractivity contribution in [3.63, 3.8) is 0 Å². The van der Waals surface area contributed by atoms with Crippen molar-refractivity contribution in [3.05, 3.63) is 18.2 Å². The maximum Gasteiger partial charge on any atom is 0.126 e. The number of aromatic nitrogens is 2. The molecule has 0 saturated heterocycles. The molecule has 0 aliphatic heterocycles. The normalized spacial score (nSPS) is 32.2. The molecule has 1 fully saturated rings. The number of hydrogen-bond donors (Lipinski definition) is 2. The maximum absolute atomic E-state index is 6.31. The molecule has 1 heterocycles. The Hall–Kier alpha value is -0.830. The molecule has 1 aromatic rings. The highest BCUT2D eigenvalue weighted by Crippen LogP contribution is 2.46. The van der Waals surface area contributed by atoms with E-state index in [1.165, 1.54) is 6.42 Å². The van der Waals surface area contributed by atoms with Crippen LogP contribution in [0.15, 0.2) is 12.4 Å². The number of imidazole rings is 1. The van der Waals surface area contributed by atoms with Crippen molar-refractivity contribution in [2.45, 2.75) is 38.6 Å². The largest absolute Gasteiger partial charge is 0.347 e. The molecule has 0 spiro atoms. The highest BCUT2D eigenvalue weighted by molar-refractivity contribution is 5.10. The number of nitrogens with zero attached hydrogens (tertiary/aromatic N) is 1. The first-order valence-corrected chi connectivity index (χ1v) is 4.81. The quantitative estimate of drug-likeness (QED) is 0.690. The van der Waals surface area contributed by atoms with Crippen LogP contribution in [0, 0.1) is 5.41 Å². The van der Waals surface area contributed by atoms with Gasteiger partial charge in [0.15, 0.2) is 0 Å². The third-order valence-corrected chi connectivity index (χ3v) is 3.01. The molecule has 3 heteroatoms. The Labute approximate surface area is 78.7 Å². The molecule has 1 atom stereocenters. The predicted molar refractivity (Wildman–Crippen MR) is 52.1 cm³/mol. The summed E-state index contributed by atoms with van der Waals surface area (Å²) in [4.78, 5) is 7.38. The monoisotopic (exact) mass is 179 g/mol. The lowest BCUT2D eigenvalue weighted by Crippen LogP contribution is -2.35. The molecular formula is C10H17N3. The minimum atomic E-state index is -0.215. The van der Waals surface area contributed by atoms with Crippen molar-refractivity contribution in [2.24, 2.45) is 11.1 Å². The van der Waals surface area contributed by atoms with Crippen LogP contribution in [0.1, 0.15) is 38.9 Å². The van der Waals surface area contributed by atoms with Crippen LogP contribution in [-0.4, -0.2) is 9.97 Å². The van der Waals surface area contributed by atoms with Crippen LogP contribution in [0.25, 0.3) is 0 Å². The van der Waals surface area contributed by atoms with Gasteiger partial charge in [-0.2, -0.15) is 0 Å². The number of hydrogen-bond acceptors (Lipinski definition) is 2. The van der Waals surface area contributed by atoms with Crippen molar-refractivity contribution in [1.29, 1.82) is 0 Å². The van der Waals surface area contributed by atoms with Crippen molar-refractivity contribution in [3.8, 4) is 0 Å². The average Bonchev–Trinajstić information content (AvgIpc) is 2.58. The molecule has 1 unspecified atom stereocenters. The molecule has 0 amide bonds. The van der Waals surface area contributed by atoms with Gasteiger partial charge in [0.1, 0.15) is 5.82 Å². The fourth-order valence-electron chi connectivity index (χ4n) is 2.33. The second kappa shape index (κ2) is 2.58. The third-order valence-electron chi connectivity index (χ3n) is 3.01. The van der Waals surface area contributed by atoms with E-state index in [1.54, 1.807) is 6.20 Å². The molecule has 3 N–H and O–H groups in total. The van der Waals surface area contributed by atoms with Crippen molar-refractivity contribution >= 4 is 0 Å². The van der Waals surface area contributed by atoms with E-state index in [1.807, 2.05) is 6.20 Å². The van der Waals surface area contributed by atoms with Gasteiger partial charge < -0.3 is 10.7 Å². The van der Waals surface area contributed by atoms with Gasteiger partial charge in [0.25, 0.3) is 0 Å². The Bertz CT molecular complexity index is 289.